The standard InChI is InChI=1S/C11H15I/c1-2-3-4-5-10-6-8-11(12)9-7-10/h6-9H,2-5H2,1H3. The van der Waals surface area contributed by atoms with Crippen molar-refractivity contribution in [1.82, 2.24) is 0 Å². The zero-order valence-corrected chi connectivity index (χ0v) is 9.67. The maximum absolute atomic E-state index is 2.34. The van der Waals surface area contributed by atoms with Gasteiger partial charge in [-0.1, -0.05) is 31.9 Å². The second kappa shape index (κ2) is 5.57. The second-order valence-corrected chi connectivity index (χ2v) is 4.33. The van der Waals surface area contributed by atoms with Gasteiger partial charge < -0.3 is 0 Å². The number of rotatable bonds is 4. The van der Waals surface area contributed by atoms with Crippen LogP contribution in [-0.2, 0) is 6.42 Å². The van der Waals surface area contributed by atoms with Crippen LogP contribution in [0.25, 0.3) is 0 Å². The molecule has 0 N–H and O–H groups in total. The maximum Gasteiger partial charge on any atom is 0.0130 e. The van der Waals surface area contributed by atoms with Gasteiger partial charge in [0.2, 0.25) is 0 Å². The average molecular weight is 274 g/mol. The molecule has 1 rings (SSSR count). The highest BCUT2D eigenvalue weighted by molar-refractivity contribution is 14.1. The molecule has 0 atom stereocenters. The van der Waals surface area contributed by atoms with E-state index in [1.807, 2.05) is 0 Å². The van der Waals surface area contributed by atoms with Gasteiger partial charge in [-0.25, -0.2) is 0 Å². The Morgan fingerprint density at radius 2 is 1.75 bits per heavy atom. The Kier molecular flexibility index (Phi) is 4.66. The summed E-state index contributed by atoms with van der Waals surface area (Å²) in [6, 6.07) is 8.83. The third-order valence-corrected chi connectivity index (χ3v) is 2.70. The molecule has 0 fully saturated rings. The van der Waals surface area contributed by atoms with Crippen LogP contribution < -0.4 is 0 Å². The average Bonchev–Trinajstić information content (AvgIpc) is 2.09. The molecular weight excluding hydrogens is 259 g/mol. The molecule has 1 aromatic rings. The quantitative estimate of drug-likeness (QED) is 0.574. The van der Waals surface area contributed by atoms with Crippen LogP contribution in [0.5, 0.6) is 0 Å². The minimum absolute atomic E-state index is 1.24. The summed E-state index contributed by atoms with van der Waals surface area (Å²) >= 11 is 2.34. The third kappa shape index (κ3) is 3.57. The van der Waals surface area contributed by atoms with Crippen molar-refractivity contribution in [2.45, 2.75) is 32.6 Å². The Balaban J connectivity index is 2.37. The normalized spacial score (nSPS) is 10.2. The molecule has 12 heavy (non-hydrogen) atoms. The highest BCUT2D eigenvalue weighted by Gasteiger charge is 1.91. The molecule has 66 valence electrons. The van der Waals surface area contributed by atoms with E-state index >= 15 is 0 Å². The van der Waals surface area contributed by atoms with Crippen LogP contribution in [-0.4, -0.2) is 0 Å². The smallest absolute Gasteiger partial charge is 0.0130 e. The van der Waals surface area contributed by atoms with Crippen molar-refractivity contribution in [2.24, 2.45) is 0 Å². The third-order valence-electron chi connectivity index (χ3n) is 1.98. The summed E-state index contributed by atoms with van der Waals surface area (Å²) < 4.78 is 1.33. The minimum atomic E-state index is 1.24. The van der Waals surface area contributed by atoms with E-state index in [1.165, 1.54) is 34.8 Å². The van der Waals surface area contributed by atoms with E-state index in [9.17, 15) is 0 Å². The van der Waals surface area contributed by atoms with Crippen molar-refractivity contribution in [2.75, 3.05) is 0 Å². The predicted octanol–water partition coefficient (Wildman–Crippen LogP) is 4.02. The van der Waals surface area contributed by atoms with Gasteiger partial charge in [-0.05, 0) is 53.1 Å². The van der Waals surface area contributed by atoms with Gasteiger partial charge in [0, 0.05) is 3.57 Å². The maximum atomic E-state index is 2.34. The van der Waals surface area contributed by atoms with E-state index < -0.39 is 0 Å². The number of hydrogen-bond acceptors (Lipinski definition) is 0. The lowest BCUT2D eigenvalue weighted by Gasteiger charge is -1.99. The minimum Gasteiger partial charge on any atom is -0.0654 e. The molecule has 0 heterocycles. The van der Waals surface area contributed by atoms with Crippen LogP contribution in [0.1, 0.15) is 31.7 Å². The van der Waals surface area contributed by atoms with E-state index in [2.05, 4.69) is 53.8 Å². The van der Waals surface area contributed by atoms with Gasteiger partial charge in [-0.2, -0.15) is 0 Å². The molecule has 0 aliphatic heterocycles. The van der Waals surface area contributed by atoms with E-state index in [0.717, 1.165) is 0 Å². The number of hydrogen-bond donors (Lipinski definition) is 0. The zero-order chi connectivity index (χ0) is 8.81. The van der Waals surface area contributed by atoms with E-state index in [4.69, 9.17) is 0 Å². The molecule has 0 aromatic heterocycles. The van der Waals surface area contributed by atoms with Crippen LogP contribution in [0.3, 0.4) is 0 Å². The molecule has 1 aromatic carbocycles. The predicted molar refractivity (Wildman–Crippen MR) is 62.4 cm³/mol. The lowest BCUT2D eigenvalue weighted by atomic mass is 10.1. The summed E-state index contributed by atoms with van der Waals surface area (Å²) in [5.74, 6) is 0. The van der Waals surface area contributed by atoms with Crippen molar-refractivity contribution in [3.05, 3.63) is 33.4 Å². The van der Waals surface area contributed by atoms with Gasteiger partial charge in [0.05, 0.1) is 0 Å². The zero-order valence-electron chi connectivity index (χ0n) is 7.52. The fourth-order valence-corrected chi connectivity index (χ4v) is 1.59. The molecule has 0 nitrogen and oxygen atoms in total. The van der Waals surface area contributed by atoms with Crippen molar-refractivity contribution in [3.8, 4) is 0 Å². The summed E-state index contributed by atoms with van der Waals surface area (Å²) in [7, 11) is 0. The summed E-state index contributed by atoms with van der Waals surface area (Å²) in [5, 5.41) is 0. The fourth-order valence-electron chi connectivity index (χ4n) is 1.23. The fraction of sp³-hybridized carbons (Fsp3) is 0.455. The van der Waals surface area contributed by atoms with Gasteiger partial charge >= 0.3 is 0 Å². The molecule has 0 aliphatic rings. The first-order chi connectivity index (χ1) is 5.83. The topological polar surface area (TPSA) is 0 Å². The Morgan fingerprint density at radius 3 is 2.33 bits per heavy atom. The van der Waals surface area contributed by atoms with Crippen LogP contribution in [0.15, 0.2) is 24.3 Å². The van der Waals surface area contributed by atoms with Crippen molar-refractivity contribution < 1.29 is 0 Å². The molecule has 1 heteroatoms. The van der Waals surface area contributed by atoms with E-state index in [0.29, 0.717) is 0 Å². The molecule has 0 amide bonds. The van der Waals surface area contributed by atoms with Gasteiger partial charge in [0.1, 0.15) is 0 Å². The Hall–Kier alpha value is -0.0500. The Morgan fingerprint density at radius 1 is 1.08 bits per heavy atom. The molecule has 0 saturated heterocycles. The van der Waals surface area contributed by atoms with Crippen molar-refractivity contribution >= 4 is 22.6 Å². The largest absolute Gasteiger partial charge is 0.0654 e. The van der Waals surface area contributed by atoms with Gasteiger partial charge in [-0.15, -0.1) is 0 Å². The summed E-state index contributed by atoms with van der Waals surface area (Å²) in [5.41, 5.74) is 1.48. The molecular formula is C11H15I. The number of aryl methyl sites for hydroxylation is 1. The highest BCUT2D eigenvalue weighted by atomic mass is 127. The van der Waals surface area contributed by atoms with E-state index in [-0.39, 0.29) is 0 Å². The van der Waals surface area contributed by atoms with Gasteiger partial charge in [0.15, 0.2) is 0 Å². The van der Waals surface area contributed by atoms with Crippen LogP contribution >= 0.6 is 22.6 Å². The SMILES string of the molecule is CCCCCc1ccc(I)cc1. The molecule has 0 spiro atoms. The summed E-state index contributed by atoms with van der Waals surface area (Å²) in [6.07, 6.45) is 5.23. The molecule has 0 unspecified atom stereocenters. The van der Waals surface area contributed by atoms with E-state index in [1.54, 1.807) is 0 Å². The second-order valence-electron chi connectivity index (χ2n) is 3.08. The van der Waals surface area contributed by atoms with Crippen molar-refractivity contribution in [3.63, 3.8) is 0 Å². The van der Waals surface area contributed by atoms with Crippen molar-refractivity contribution in [1.29, 1.82) is 0 Å². The lowest BCUT2D eigenvalue weighted by molar-refractivity contribution is 0.717. The highest BCUT2D eigenvalue weighted by Crippen LogP contribution is 2.09. The molecule has 0 aliphatic carbocycles. The lowest BCUT2D eigenvalue weighted by Crippen LogP contribution is -1.84. The molecule has 0 saturated carbocycles. The summed E-state index contributed by atoms with van der Waals surface area (Å²) in [6.45, 7) is 2.24. The van der Waals surface area contributed by atoms with Crippen LogP contribution in [0.4, 0.5) is 0 Å². The number of unbranched alkanes of at least 4 members (excludes halogenated alkanes) is 2. The van der Waals surface area contributed by atoms with Crippen LogP contribution in [0.2, 0.25) is 0 Å². The first-order valence-corrected chi connectivity index (χ1v) is 5.65. The van der Waals surface area contributed by atoms with Gasteiger partial charge in [-0.3, -0.25) is 0 Å². The number of halogens is 1. The summed E-state index contributed by atoms with van der Waals surface area (Å²) in [4.78, 5) is 0. The Labute approximate surface area is 88.5 Å². The first-order valence-electron chi connectivity index (χ1n) is 4.57. The number of benzene rings is 1. The Bertz CT molecular complexity index is 213. The first kappa shape index (κ1) is 10.0. The molecule has 0 bridgehead atoms. The monoisotopic (exact) mass is 274 g/mol. The van der Waals surface area contributed by atoms with Crippen LogP contribution in [0, 0.1) is 3.57 Å². The van der Waals surface area contributed by atoms with Gasteiger partial charge in [0.25, 0.3) is 0 Å². The molecule has 0 radical (unpaired) electrons.